The molecule has 1 N–H and O–H groups in total. The SMILES string of the molecule is CC[C@@H]1Oc2cc(S(=O)(=O)N3CCC[C@H](C(=O)N(C)C4CCCCC4)C3)c(C)cc2NC1=O. The lowest BCUT2D eigenvalue weighted by Crippen LogP contribution is -2.48. The molecular weight excluding hydrogens is 442 g/mol. The van der Waals surface area contributed by atoms with E-state index in [1.54, 1.807) is 13.0 Å². The Morgan fingerprint density at radius 1 is 1.18 bits per heavy atom. The molecule has 2 amide bonds. The molecule has 1 saturated carbocycles. The Labute approximate surface area is 196 Å². The number of carbonyl (C=O) groups excluding carboxylic acids is 2. The zero-order valence-corrected chi connectivity index (χ0v) is 20.6. The molecule has 8 nitrogen and oxygen atoms in total. The van der Waals surface area contributed by atoms with Crippen LogP contribution in [0.3, 0.4) is 0 Å². The van der Waals surface area contributed by atoms with Crippen LogP contribution < -0.4 is 10.1 Å². The number of anilines is 1. The quantitative estimate of drug-likeness (QED) is 0.702. The van der Waals surface area contributed by atoms with Crippen LogP contribution in [-0.4, -0.2) is 61.7 Å². The van der Waals surface area contributed by atoms with Gasteiger partial charge in [0, 0.05) is 32.2 Å². The molecule has 182 valence electrons. The number of rotatable bonds is 5. The summed E-state index contributed by atoms with van der Waals surface area (Å²) >= 11 is 0. The molecule has 33 heavy (non-hydrogen) atoms. The van der Waals surface area contributed by atoms with Crippen molar-refractivity contribution in [1.29, 1.82) is 0 Å². The van der Waals surface area contributed by atoms with Crippen molar-refractivity contribution in [3.8, 4) is 5.75 Å². The first kappa shape index (κ1) is 24.0. The summed E-state index contributed by atoms with van der Waals surface area (Å²) in [6.07, 6.45) is 6.79. The van der Waals surface area contributed by atoms with Gasteiger partial charge in [0.15, 0.2) is 6.10 Å². The van der Waals surface area contributed by atoms with Crippen LogP contribution in [-0.2, 0) is 19.6 Å². The maximum absolute atomic E-state index is 13.6. The number of nitrogens with one attached hydrogen (secondary N) is 1. The maximum Gasteiger partial charge on any atom is 0.265 e. The van der Waals surface area contributed by atoms with Crippen LogP contribution >= 0.6 is 0 Å². The first-order valence-electron chi connectivity index (χ1n) is 12.1. The third kappa shape index (κ3) is 4.75. The first-order valence-corrected chi connectivity index (χ1v) is 13.6. The van der Waals surface area contributed by atoms with E-state index in [2.05, 4.69) is 5.32 Å². The van der Waals surface area contributed by atoms with Gasteiger partial charge >= 0.3 is 0 Å². The number of hydrogen-bond donors (Lipinski definition) is 1. The van der Waals surface area contributed by atoms with Crippen LogP contribution in [0.2, 0.25) is 0 Å². The molecule has 9 heteroatoms. The second kappa shape index (κ2) is 9.62. The molecule has 1 aromatic carbocycles. The van der Waals surface area contributed by atoms with Crippen LogP contribution in [0.15, 0.2) is 17.0 Å². The fourth-order valence-electron chi connectivity index (χ4n) is 5.27. The summed E-state index contributed by atoms with van der Waals surface area (Å²) in [5.74, 6) is -0.119. The molecule has 4 rings (SSSR count). The van der Waals surface area contributed by atoms with Crippen molar-refractivity contribution < 1.29 is 22.7 Å². The highest BCUT2D eigenvalue weighted by molar-refractivity contribution is 7.89. The molecule has 2 atom stereocenters. The van der Waals surface area contributed by atoms with Crippen molar-refractivity contribution in [1.82, 2.24) is 9.21 Å². The van der Waals surface area contributed by atoms with Gasteiger partial charge in [0.05, 0.1) is 16.5 Å². The van der Waals surface area contributed by atoms with Gasteiger partial charge in [-0.15, -0.1) is 0 Å². The van der Waals surface area contributed by atoms with Gasteiger partial charge in [-0.3, -0.25) is 9.59 Å². The molecule has 0 spiro atoms. The monoisotopic (exact) mass is 477 g/mol. The molecule has 0 radical (unpaired) electrons. The topological polar surface area (TPSA) is 96.0 Å². The van der Waals surface area contributed by atoms with Gasteiger partial charge in [-0.25, -0.2) is 8.42 Å². The highest BCUT2D eigenvalue weighted by atomic mass is 32.2. The first-order chi connectivity index (χ1) is 15.7. The van der Waals surface area contributed by atoms with E-state index in [-0.39, 0.29) is 35.2 Å². The Balaban J connectivity index is 1.53. The molecule has 2 heterocycles. The number of nitrogens with zero attached hydrogens (tertiary/aromatic N) is 2. The molecular formula is C24H35N3O5S. The number of hydrogen-bond acceptors (Lipinski definition) is 5. The maximum atomic E-state index is 13.6. The summed E-state index contributed by atoms with van der Waals surface area (Å²) in [5, 5.41) is 2.80. The number of sulfonamides is 1. The van der Waals surface area contributed by atoms with Gasteiger partial charge in [0.25, 0.3) is 5.91 Å². The number of piperidine rings is 1. The molecule has 0 unspecified atom stereocenters. The summed E-state index contributed by atoms with van der Waals surface area (Å²) < 4.78 is 34.4. The summed E-state index contributed by atoms with van der Waals surface area (Å²) in [5.41, 5.74) is 1.03. The molecule has 2 fully saturated rings. The molecule has 1 aliphatic carbocycles. The van der Waals surface area contributed by atoms with Crippen LogP contribution in [0.25, 0.3) is 0 Å². The Bertz CT molecular complexity index is 1020. The smallest absolute Gasteiger partial charge is 0.265 e. The van der Waals surface area contributed by atoms with Gasteiger partial charge < -0.3 is 15.0 Å². The Morgan fingerprint density at radius 2 is 1.91 bits per heavy atom. The standard InChI is InChI=1S/C24H35N3O5S/c1-4-20-23(28)25-19-13-16(2)22(14-21(19)32-20)33(30,31)27-12-8-9-17(15-27)24(29)26(3)18-10-6-5-7-11-18/h13-14,17-18,20H,4-12,15H2,1-3H3,(H,25,28)/t17-,20-/m0/s1. The summed E-state index contributed by atoms with van der Waals surface area (Å²) in [6, 6.07) is 3.43. The van der Waals surface area contributed by atoms with E-state index < -0.39 is 16.1 Å². The van der Waals surface area contributed by atoms with E-state index in [1.807, 2.05) is 18.9 Å². The Kier molecular flexibility index (Phi) is 7.00. The van der Waals surface area contributed by atoms with Crippen LogP contribution in [0.5, 0.6) is 5.75 Å². The summed E-state index contributed by atoms with van der Waals surface area (Å²) in [7, 11) is -1.94. The van der Waals surface area contributed by atoms with Crippen molar-refractivity contribution in [3.63, 3.8) is 0 Å². The number of ether oxygens (including phenoxy) is 1. The van der Waals surface area contributed by atoms with Crippen molar-refractivity contribution in [2.24, 2.45) is 5.92 Å². The number of aryl methyl sites for hydroxylation is 1. The van der Waals surface area contributed by atoms with Gasteiger partial charge in [0.2, 0.25) is 15.9 Å². The Morgan fingerprint density at radius 3 is 2.61 bits per heavy atom. The van der Waals surface area contributed by atoms with Crippen molar-refractivity contribution in [2.45, 2.75) is 82.3 Å². The normalized spacial score (nSPS) is 24.5. The minimum absolute atomic E-state index is 0.0563. The molecule has 2 aliphatic heterocycles. The van der Waals surface area contributed by atoms with Crippen LogP contribution in [0, 0.1) is 12.8 Å². The average Bonchev–Trinajstić information content (AvgIpc) is 2.83. The zero-order valence-electron chi connectivity index (χ0n) is 19.8. The average molecular weight is 478 g/mol. The predicted octanol–water partition coefficient (Wildman–Crippen LogP) is 3.30. The number of benzene rings is 1. The molecule has 0 bridgehead atoms. The zero-order chi connectivity index (χ0) is 23.8. The fraction of sp³-hybridized carbons (Fsp3) is 0.667. The predicted molar refractivity (Wildman–Crippen MR) is 126 cm³/mol. The molecule has 0 aromatic heterocycles. The van der Waals surface area contributed by atoms with Crippen LogP contribution in [0.4, 0.5) is 5.69 Å². The highest BCUT2D eigenvalue weighted by Gasteiger charge is 2.37. The molecule has 1 saturated heterocycles. The van der Waals surface area contributed by atoms with E-state index >= 15 is 0 Å². The van der Waals surface area contributed by atoms with Gasteiger partial charge in [-0.05, 0) is 50.7 Å². The number of carbonyl (C=O) groups is 2. The Hall–Kier alpha value is -2.13. The number of amides is 2. The van der Waals surface area contributed by atoms with Crippen molar-refractivity contribution >= 4 is 27.5 Å². The van der Waals surface area contributed by atoms with Gasteiger partial charge in [-0.2, -0.15) is 4.31 Å². The van der Waals surface area contributed by atoms with Crippen molar-refractivity contribution in [3.05, 3.63) is 17.7 Å². The van der Waals surface area contributed by atoms with Crippen molar-refractivity contribution in [2.75, 3.05) is 25.5 Å². The second-order valence-corrected chi connectivity index (χ2v) is 11.5. The van der Waals surface area contributed by atoms with Crippen LogP contribution in [0.1, 0.15) is 63.9 Å². The second-order valence-electron chi connectivity index (χ2n) is 9.56. The summed E-state index contributed by atoms with van der Waals surface area (Å²) in [4.78, 5) is 27.3. The van der Waals surface area contributed by atoms with E-state index in [4.69, 9.17) is 4.74 Å². The van der Waals surface area contributed by atoms with Gasteiger partial charge in [0.1, 0.15) is 5.75 Å². The lowest BCUT2D eigenvalue weighted by atomic mass is 9.92. The third-order valence-electron chi connectivity index (χ3n) is 7.29. The molecule has 3 aliphatic rings. The van der Waals surface area contributed by atoms with E-state index in [0.29, 0.717) is 42.8 Å². The number of fused-ring (bicyclic) bond motifs is 1. The van der Waals surface area contributed by atoms with E-state index in [0.717, 1.165) is 25.7 Å². The minimum Gasteiger partial charge on any atom is -0.478 e. The summed E-state index contributed by atoms with van der Waals surface area (Å²) in [6.45, 7) is 4.15. The van der Waals surface area contributed by atoms with E-state index in [9.17, 15) is 18.0 Å². The molecule has 1 aromatic rings. The fourth-order valence-corrected chi connectivity index (χ4v) is 7.01. The lowest BCUT2D eigenvalue weighted by molar-refractivity contribution is -0.138. The highest BCUT2D eigenvalue weighted by Crippen LogP contribution is 2.37. The van der Waals surface area contributed by atoms with E-state index in [1.165, 1.54) is 16.8 Å². The third-order valence-corrected chi connectivity index (χ3v) is 9.30. The minimum atomic E-state index is -3.81. The largest absolute Gasteiger partial charge is 0.478 e. The lowest BCUT2D eigenvalue weighted by Gasteiger charge is -2.37. The van der Waals surface area contributed by atoms with Gasteiger partial charge in [-0.1, -0.05) is 26.2 Å².